The van der Waals surface area contributed by atoms with E-state index in [1.54, 1.807) is 0 Å². The van der Waals surface area contributed by atoms with Crippen molar-refractivity contribution in [2.45, 2.75) is 39.0 Å². The summed E-state index contributed by atoms with van der Waals surface area (Å²) in [5.74, 6) is 2.53. The molecule has 0 saturated carbocycles. The Bertz CT molecular complexity index is 209. The summed E-state index contributed by atoms with van der Waals surface area (Å²) in [6, 6.07) is 2.05. The summed E-state index contributed by atoms with van der Waals surface area (Å²) in [4.78, 5) is 0. The number of aryl methyl sites for hydroxylation is 1. The standard InChI is InChI=1S/C11H20N2S/c1-2-3-4-5-9-14-10-7-11-6-8-12-13-11/h6,8H,2-5,7,9-10H2,1H3,(H,12,13). The number of thioether (sulfide) groups is 1. The Morgan fingerprint density at radius 1 is 1.29 bits per heavy atom. The molecule has 1 heterocycles. The van der Waals surface area contributed by atoms with Crippen LogP contribution in [0.3, 0.4) is 0 Å². The summed E-state index contributed by atoms with van der Waals surface area (Å²) >= 11 is 2.05. The quantitative estimate of drug-likeness (QED) is 0.670. The van der Waals surface area contributed by atoms with Gasteiger partial charge in [0.1, 0.15) is 0 Å². The van der Waals surface area contributed by atoms with Crippen molar-refractivity contribution in [3.05, 3.63) is 18.0 Å². The monoisotopic (exact) mass is 212 g/mol. The molecule has 80 valence electrons. The van der Waals surface area contributed by atoms with Crippen LogP contribution in [0.4, 0.5) is 0 Å². The highest BCUT2D eigenvalue weighted by atomic mass is 32.2. The largest absolute Gasteiger partial charge is 0.283 e. The predicted octanol–water partition coefficient (Wildman–Crippen LogP) is 3.27. The Labute approximate surface area is 90.9 Å². The molecule has 0 bridgehead atoms. The minimum atomic E-state index is 1.12. The number of aromatic nitrogens is 2. The number of hydrogen-bond donors (Lipinski definition) is 1. The van der Waals surface area contributed by atoms with Crippen LogP contribution in [0.5, 0.6) is 0 Å². The van der Waals surface area contributed by atoms with Crippen LogP contribution < -0.4 is 0 Å². The first-order valence-electron chi connectivity index (χ1n) is 5.49. The van der Waals surface area contributed by atoms with E-state index in [-0.39, 0.29) is 0 Å². The lowest BCUT2D eigenvalue weighted by atomic mass is 10.2. The molecule has 1 rings (SSSR count). The minimum absolute atomic E-state index is 1.12. The average molecular weight is 212 g/mol. The van der Waals surface area contributed by atoms with Crippen LogP contribution in [-0.4, -0.2) is 21.7 Å². The third-order valence-corrected chi connectivity index (χ3v) is 3.29. The lowest BCUT2D eigenvalue weighted by molar-refractivity contribution is 0.706. The predicted molar refractivity (Wildman–Crippen MR) is 63.8 cm³/mol. The fourth-order valence-corrected chi connectivity index (χ4v) is 2.32. The number of unbranched alkanes of at least 4 members (excludes halogenated alkanes) is 3. The van der Waals surface area contributed by atoms with Crippen LogP contribution in [0.25, 0.3) is 0 Å². The highest BCUT2D eigenvalue weighted by Crippen LogP contribution is 2.09. The second kappa shape index (κ2) is 7.92. The summed E-state index contributed by atoms with van der Waals surface area (Å²) in [6.07, 6.45) is 8.44. The molecule has 0 atom stereocenters. The molecule has 1 N–H and O–H groups in total. The smallest absolute Gasteiger partial charge is 0.0490 e. The van der Waals surface area contributed by atoms with Gasteiger partial charge < -0.3 is 0 Å². The molecule has 0 saturated heterocycles. The molecule has 0 aliphatic heterocycles. The Morgan fingerprint density at radius 2 is 2.21 bits per heavy atom. The van der Waals surface area contributed by atoms with Crippen LogP contribution in [0.2, 0.25) is 0 Å². The second-order valence-corrected chi connectivity index (χ2v) is 4.73. The van der Waals surface area contributed by atoms with Gasteiger partial charge >= 0.3 is 0 Å². The topological polar surface area (TPSA) is 28.7 Å². The van der Waals surface area contributed by atoms with Crippen molar-refractivity contribution < 1.29 is 0 Å². The first-order chi connectivity index (χ1) is 6.93. The van der Waals surface area contributed by atoms with Crippen molar-refractivity contribution in [1.82, 2.24) is 10.2 Å². The third-order valence-electron chi connectivity index (χ3n) is 2.22. The maximum atomic E-state index is 3.93. The Kier molecular flexibility index (Phi) is 6.58. The van der Waals surface area contributed by atoms with Gasteiger partial charge in [-0.3, -0.25) is 5.10 Å². The molecule has 2 nitrogen and oxygen atoms in total. The highest BCUT2D eigenvalue weighted by molar-refractivity contribution is 7.99. The van der Waals surface area contributed by atoms with Gasteiger partial charge in [0.25, 0.3) is 0 Å². The number of hydrogen-bond acceptors (Lipinski definition) is 2. The van der Waals surface area contributed by atoms with E-state index in [0.717, 1.165) is 6.42 Å². The first kappa shape index (κ1) is 11.6. The normalized spacial score (nSPS) is 10.6. The van der Waals surface area contributed by atoms with Gasteiger partial charge in [0.15, 0.2) is 0 Å². The van der Waals surface area contributed by atoms with E-state index in [1.165, 1.54) is 42.9 Å². The summed E-state index contributed by atoms with van der Waals surface area (Å²) in [5, 5.41) is 6.91. The lowest BCUT2D eigenvalue weighted by Crippen LogP contribution is -1.90. The molecule has 0 fully saturated rings. The van der Waals surface area contributed by atoms with Crippen LogP contribution >= 0.6 is 11.8 Å². The molecule has 3 heteroatoms. The summed E-state index contributed by atoms with van der Waals surface area (Å²) in [6.45, 7) is 2.26. The molecule has 0 aliphatic rings. The van der Waals surface area contributed by atoms with Crippen LogP contribution in [0, 0.1) is 0 Å². The summed E-state index contributed by atoms with van der Waals surface area (Å²) < 4.78 is 0. The molecular formula is C11H20N2S. The molecule has 0 aromatic carbocycles. The molecule has 0 unspecified atom stereocenters. The van der Waals surface area contributed by atoms with E-state index in [4.69, 9.17) is 0 Å². The van der Waals surface area contributed by atoms with Crippen molar-refractivity contribution >= 4 is 11.8 Å². The van der Waals surface area contributed by atoms with E-state index in [9.17, 15) is 0 Å². The Morgan fingerprint density at radius 3 is 2.93 bits per heavy atom. The second-order valence-electron chi connectivity index (χ2n) is 3.50. The fourth-order valence-electron chi connectivity index (χ4n) is 1.34. The maximum Gasteiger partial charge on any atom is 0.0490 e. The zero-order valence-corrected chi connectivity index (χ0v) is 9.78. The molecule has 14 heavy (non-hydrogen) atoms. The Balaban J connectivity index is 1.85. The number of nitrogens with zero attached hydrogens (tertiary/aromatic N) is 1. The zero-order valence-electron chi connectivity index (χ0n) is 8.96. The number of nitrogens with one attached hydrogen (secondary N) is 1. The molecule has 0 aliphatic carbocycles. The molecule has 0 radical (unpaired) electrons. The van der Waals surface area contributed by atoms with Crippen molar-refractivity contribution in [2.75, 3.05) is 11.5 Å². The van der Waals surface area contributed by atoms with Crippen molar-refractivity contribution in [3.63, 3.8) is 0 Å². The van der Waals surface area contributed by atoms with Gasteiger partial charge in [0.2, 0.25) is 0 Å². The van der Waals surface area contributed by atoms with Gasteiger partial charge in [0, 0.05) is 11.9 Å². The van der Waals surface area contributed by atoms with Crippen LogP contribution in [0.15, 0.2) is 12.3 Å². The molecule has 1 aromatic heterocycles. The average Bonchev–Trinajstić information content (AvgIpc) is 2.69. The molecule has 1 aromatic rings. The van der Waals surface area contributed by atoms with Gasteiger partial charge in [-0.2, -0.15) is 16.9 Å². The van der Waals surface area contributed by atoms with Crippen molar-refractivity contribution in [2.24, 2.45) is 0 Å². The maximum absolute atomic E-state index is 3.93. The zero-order chi connectivity index (χ0) is 10.1. The third kappa shape index (κ3) is 5.32. The van der Waals surface area contributed by atoms with Crippen LogP contribution in [-0.2, 0) is 6.42 Å². The van der Waals surface area contributed by atoms with Gasteiger partial charge in [0.05, 0.1) is 0 Å². The summed E-state index contributed by atoms with van der Waals surface area (Å²) in [7, 11) is 0. The lowest BCUT2D eigenvalue weighted by Gasteiger charge is -1.99. The van der Waals surface area contributed by atoms with Gasteiger partial charge in [-0.25, -0.2) is 0 Å². The van der Waals surface area contributed by atoms with E-state index in [0.29, 0.717) is 0 Å². The molecule has 0 amide bonds. The minimum Gasteiger partial charge on any atom is -0.283 e. The van der Waals surface area contributed by atoms with E-state index in [1.807, 2.05) is 6.20 Å². The van der Waals surface area contributed by atoms with Gasteiger partial charge in [-0.1, -0.05) is 26.2 Å². The van der Waals surface area contributed by atoms with Crippen LogP contribution in [0.1, 0.15) is 38.3 Å². The number of rotatable bonds is 8. The number of H-pyrrole nitrogens is 1. The van der Waals surface area contributed by atoms with E-state index in [2.05, 4.69) is 34.9 Å². The Hall–Kier alpha value is -0.440. The fraction of sp³-hybridized carbons (Fsp3) is 0.727. The van der Waals surface area contributed by atoms with Gasteiger partial charge in [-0.15, -0.1) is 0 Å². The summed E-state index contributed by atoms with van der Waals surface area (Å²) in [5.41, 5.74) is 1.26. The van der Waals surface area contributed by atoms with Crippen molar-refractivity contribution in [1.29, 1.82) is 0 Å². The highest BCUT2D eigenvalue weighted by Gasteiger charge is 1.94. The van der Waals surface area contributed by atoms with Crippen molar-refractivity contribution in [3.8, 4) is 0 Å². The van der Waals surface area contributed by atoms with E-state index < -0.39 is 0 Å². The SMILES string of the molecule is CCCCCCSCCc1ccn[nH]1. The molecule has 0 spiro atoms. The number of aromatic amines is 1. The first-order valence-corrected chi connectivity index (χ1v) is 6.65. The van der Waals surface area contributed by atoms with E-state index >= 15 is 0 Å². The molecular weight excluding hydrogens is 192 g/mol. The van der Waals surface area contributed by atoms with Gasteiger partial charge in [-0.05, 0) is 30.4 Å².